The topological polar surface area (TPSA) is 78.7 Å². The van der Waals surface area contributed by atoms with Crippen molar-refractivity contribution in [3.05, 3.63) is 83.0 Å². The van der Waals surface area contributed by atoms with Gasteiger partial charge in [-0.2, -0.15) is 31.6 Å². The van der Waals surface area contributed by atoms with Crippen molar-refractivity contribution >= 4 is 5.91 Å². The normalized spacial score (nSPS) is 19.4. The molecule has 1 N–H and O–H groups in total. The van der Waals surface area contributed by atoms with E-state index in [9.17, 15) is 31.1 Å². The van der Waals surface area contributed by atoms with E-state index in [-0.39, 0.29) is 11.3 Å². The summed E-state index contributed by atoms with van der Waals surface area (Å²) in [6.07, 6.45) is -4.40. The maximum Gasteiger partial charge on any atom is 0.418 e. The van der Waals surface area contributed by atoms with E-state index < -0.39 is 53.0 Å². The minimum absolute atomic E-state index is 0.167. The second-order valence-electron chi connectivity index (χ2n) is 7.34. The first-order valence-corrected chi connectivity index (χ1v) is 9.58. The molecule has 1 aliphatic rings. The quantitative estimate of drug-likeness (QED) is 0.633. The van der Waals surface area contributed by atoms with Crippen LogP contribution in [0.5, 0.6) is 0 Å². The number of carbonyl (C=O) groups excluding carboxylic acids is 1. The van der Waals surface area contributed by atoms with E-state index in [2.05, 4.69) is 15.3 Å². The number of allylic oxidation sites excluding steroid dienone is 3. The van der Waals surface area contributed by atoms with Crippen molar-refractivity contribution in [2.75, 3.05) is 0 Å². The SMILES string of the molecule is CC1C=C(C(F)(F)F)C=CC1C(NC(=O)c1ccc(C#N)cn1)c1ncccc1C(F)(F)F. The number of aromatic nitrogens is 2. The number of rotatable bonds is 4. The molecule has 2 aromatic rings. The smallest absolute Gasteiger partial charge is 0.342 e. The van der Waals surface area contributed by atoms with E-state index in [4.69, 9.17) is 5.26 Å². The van der Waals surface area contributed by atoms with Gasteiger partial charge in [0, 0.05) is 18.3 Å². The first kappa shape index (κ1) is 24.0. The Labute approximate surface area is 184 Å². The maximum absolute atomic E-state index is 13.7. The van der Waals surface area contributed by atoms with E-state index in [0.717, 1.165) is 42.8 Å². The van der Waals surface area contributed by atoms with E-state index in [1.807, 2.05) is 6.07 Å². The Balaban J connectivity index is 2.03. The number of nitrogens with one attached hydrogen (secondary N) is 1. The van der Waals surface area contributed by atoms with Gasteiger partial charge in [0.15, 0.2) is 0 Å². The molecule has 0 radical (unpaired) electrons. The van der Waals surface area contributed by atoms with E-state index in [0.29, 0.717) is 0 Å². The molecule has 0 aliphatic heterocycles. The zero-order valence-electron chi connectivity index (χ0n) is 16.9. The highest BCUT2D eigenvalue weighted by atomic mass is 19.4. The highest BCUT2D eigenvalue weighted by molar-refractivity contribution is 5.92. The van der Waals surface area contributed by atoms with E-state index in [1.54, 1.807) is 0 Å². The van der Waals surface area contributed by atoms with Gasteiger partial charge in [0.05, 0.1) is 28.4 Å². The molecule has 0 bridgehead atoms. The number of hydrogen-bond acceptors (Lipinski definition) is 4. The van der Waals surface area contributed by atoms with Crippen molar-refractivity contribution in [1.82, 2.24) is 15.3 Å². The number of halogens is 6. The summed E-state index contributed by atoms with van der Waals surface area (Å²) >= 11 is 0. The molecule has 1 amide bonds. The van der Waals surface area contributed by atoms with Gasteiger partial charge in [0.2, 0.25) is 0 Å². The number of pyridine rings is 2. The number of nitrogens with zero attached hydrogens (tertiary/aromatic N) is 3. The van der Waals surface area contributed by atoms with Gasteiger partial charge in [0.25, 0.3) is 5.91 Å². The van der Waals surface area contributed by atoms with Crippen LogP contribution in [0, 0.1) is 23.2 Å². The number of alkyl halides is 6. The standard InChI is InChI=1S/C22H16F6N4O/c1-12-9-14(21(23,24)25)5-6-15(12)18(19-16(22(26,27)28)3-2-8-30-19)32-20(33)17-7-4-13(10-29)11-31-17/h2-9,11-12,15,18H,1H3,(H,32,33). The van der Waals surface area contributed by atoms with Crippen molar-refractivity contribution < 1.29 is 31.1 Å². The Kier molecular flexibility index (Phi) is 6.58. The largest absolute Gasteiger partial charge is 0.418 e. The van der Waals surface area contributed by atoms with Crippen LogP contribution in [-0.4, -0.2) is 22.1 Å². The second-order valence-corrected chi connectivity index (χ2v) is 7.34. The van der Waals surface area contributed by atoms with Crippen molar-refractivity contribution in [1.29, 1.82) is 5.26 Å². The van der Waals surface area contributed by atoms with Crippen LogP contribution in [0.1, 0.15) is 40.3 Å². The second kappa shape index (κ2) is 9.05. The monoisotopic (exact) mass is 466 g/mol. The Morgan fingerprint density at radius 3 is 2.39 bits per heavy atom. The summed E-state index contributed by atoms with van der Waals surface area (Å²) in [6, 6.07) is 4.80. The van der Waals surface area contributed by atoms with Gasteiger partial charge < -0.3 is 5.32 Å². The van der Waals surface area contributed by atoms with Gasteiger partial charge in [-0.1, -0.05) is 25.2 Å². The molecule has 2 aromatic heterocycles. The van der Waals surface area contributed by atoms with Crippen molar-refractivity contribution in [2.45, 2.75) is 25.3 Å². The zero-order valence-corrected chi connectivity index (χ0v) is 16.9. The van der Waals surface area contributed by atoms with Crippen LogP contribution in [0.25, 0.3) is 0 Å². The lowest BCUT2D eigenvalue weighted by atomic mass is 9.79. The first-order valence-electron chi connectivity index (χ1n) is 9.58. The number of carbonyl (C=O) groups is 1. The van der Waals surface area contributed by atoms with Crippen LogP contribution in [-0.2, 0) is 6.18 Å². The van der Waals surface area contributed by atoms with Crippen LogP contribution in [0.4, 0.5) is 26.3 Å². The summed E-state index contributed by atoms with van der Waals surface area (Å²) in [5.41, 5.74) is -2.59. The molecule has 0 saturated heterocycles. The molecular formula is C22H16F6N4O. The Morgan fingerprint density at radius 1 is 1.12 bits per heavy atom. The van der Waals surface area contributed by atoms with Crippen LogP contribution in [0.15, 0.2) is 60.5 Å². The fraction of sp³-hybridized carbons (Fsp3) is 0.273. The lowest BCUT2D eigenvalue weighted by molar-refractivity contribution is -0.138. The highest BCUT2D eigenvalue weighted by Gasteiger charge is 2.41. The Morgan fingerprint density at radius 2 is 1.85 bits per heavy atom. The fourth-order valence-corrected chi connectivity index (χ4v) is 3.51. The Hall–Kier alpha value is -3.68. The number of hydrogen-bond donors (Lipinski definition) is 1. The summed E-state index contributed by atoms with van der Waals surface area (Å²) in [7, 11) is 0. The van der Waals surface area contributed by atoms with Gasteiger partial charge in [-0.15, -0.1) is 0 Å². The molecular weight excluding hydrogens is 450 g/mol. The lowest BCUT2D eigenvalue weighted by Gasteiger charge is -2.32. The van der Waals surface area contributed by atoms with Crippen molar-refractivity contribution in [3.63, 3.8) is 0 Å². The minimum atomic E-state index is -4.81. The number of nitriles is 1. The molecule has 0 saturated carbocycles. The van der Waals surface area contributed by atoms with Crippen LogP contribution < -0.4 is 5.32 Å². The van der Waals surface area contributed by atoms with Gasteiger partial charge in [-0.25, -0.2) is 4.98 Å². The fourth-order valence-electron chi connectivity index (χ4n) is 3.51. The Bertz CT molecular complexity index is 1130. The van der Waals surface area contributed by atoms with Crippen molar-refractivity contribution in [3.8, 4) is 6.07 Å². The molecule has 3 unspecified atom stereocenters. The molecule has 0 spiro atoms. The summed E-state index contributed by atoms with van der Waals surface area (Å²) < 4.78 is 80.3. The molecule has 3 atom stereocenters. The van der Waals surface area contributed by atoms with E-state index >= 15 is 0 Å². The molecule has 33 heavy (non-hydrogen) atoms. The van der Waals surface area contributed by atoms with Gasteiger partial charge in [0.1, 0.15) is 11.8 Å². The number of amides is 1. The lowest BCUT2D eigenvalue weighted by Crippen LogP contribution is -2.38. The molecule has 2 heterocycles. The van der Waals surface area contributed by atoms with E-state index in [1.165, 1.54) is 19.1 Å². The van der Waals surface area contributed by atoms with Crippen LogP contribution in [0.2, 0.25) is 0 Å². The molecule has 11 heteroatoms. The predicted octanol–water partition coefficient (Wildman–Crippen LogP) is 5.15. The average molecular weight is 466 g/mol. The summed E-state index contributed by atoms with van der Waals surface area (Å²) in [5, 5.41) is 11.3. The third kappa shape index (κ3) is 5.39. The third-order valence-corrected chi connectivity index (χ3v) is 5.11. The minimum Gasteiger partial charge on any atom is -0.342 e. The zero-order chi connectivity index (χ0) is 24.4. The van der Waals surface area contributed by atoms with Crippen molar-refractivity contribution in [2.24, 2.45) is 11.8 Å². The molecule has 0 aromatic carbocycles. The third-order valence-electron chi connectivity index (χ3n) is 5.11. The summed E-state index contributed by atoms with van der Waals surface area (Å²) in [4.78, 5) is 20.4. The first-order chi connectivity index (χ1) is 15.4. The average Bonchev–Trinajstić information content (AvgIpc) is 2.76. The summed E-state index contributed by atoms with van der Waals surface area (Å²) in [6.45, 7) is 1.41. The van der Waals surface area contributed by atoms with Gasteiger partial charge in [-0.05, 0) is 30.2 Å². The molecule has 5 nitrogen and oxygen atoms in total. The molecule has 172 valence electrons. The van der Waals surface area contributed by atoms with Gasteiger partial charge in [-0.3, -0.25) is 9.78 Å². The van der Waals surface area contributed by atoms with Crippen LogP contribution in [0.3, 0.4) is 0 Å². The van der Waals surface area contributed by atoms with Crippen LogP contribution >= 0.6 is 0 Å². The summed E-state index contributed by atoms with van der Waals surface area (Å²) in [5.74, 6) is -2.71. The highest BCUT2D eigenvalue weighted by Crippen LogP contribution is 2.41. The molecule has 0 fully saturated rings. The molecule has 1 aliphatic carbocycles. The van der Waals surface area contributed by atoms with Gasteiger partial charge >= 0.3 is 12.4 Å². The maximum atomic E-state index is 13.7. The molecule has 3 rings (SSSR count). The predicted molar refractivity (Wildman–Crippen MR) is 104 cm³/mol.